The van der Waals surface area contributed by atoms with Gasteiger partial charge in [-0.05, 0) is 17.5 Å². The number of thiol groups is 1. The number of hydrogen-bond donors (Lipinski definition) is 1. The molecule has 2 aliphatic heterocycles. The highest BCUT2D eigenvalue weighted by atomic mass is 32.2. The van der Waals surface area contributed by atoms with Crippen molar-refractivity contribution in [2.45, 2.75) is 33.0 Å². The molecule has 4 atom stereocenters. The van der Waals surface area contributed by atoms with Gasteiger partial charge in [-0.3, -0.25) is 0 Å². The van der Waals surface area contributed by atoms with E-state index in [0.29, 0.717) is 9.16 Å². The van der Waals surface area contributed by atoms with Crippen molar-refractivity contribution in [1.29, 1.82) is 0 Å². The molecule has 2 heterocycles. The van der Waals surface area contributed by atoms with E-state index < -0.39 is 0 Å². The van der Waals surface area contributed by atoms with Gasteiger partial charge in [-0.25, -0.2) is 0 Å². The number of thioether (sulfide) groups is 4. The zero-order valence-corrected chi connectivity index (χ0v) is 15.7. The molecular weight excluding hydrogens is 340 g/mol. The molecule has 2 fully saturated rings. The fourth-order valence-electron chi connectivity index (χ4n) is 2.37. The summed E-state index contributed by atoms with van der Waals surface area (Å²) >= 11 is 12.8. The van der Waals surface area contributed by atoms with Crippen LogP contribution in [0.5, 0.6) is 0 Å². The Morgan fingerprint density at radius 3 is 1.85 bits per heavy atom. The Labute approximate surface area is 144 Å². The van der Waals surface area contributed by atoms with Gasteiger partial charge in [0, 0.05) is 27.8 Å². The average Bonchev–Trinajstić information content (AvgIpc) is 3.16. The lowest BCUT2D eigenvalue weighted by Crippen LogP contribution is -2.01. The number of hydrogen-bond acceptors (Lipinski definition) is 5. The molecule has 0 saturated carbocycles. The van der Waals surface area contributed by atoms with Crippen LogP contribution in [0.3, 0.4) is 0 Å². The Hall–Kier alpha value is 0.970. The van der Waals surface area contributed by atoms with Crippen LogP contribution < -0.4 is 0 Å². The van der Waals surface area contributed by atoms with Gasteiger partial charge in [-0.15, -0.1) is 47.0 Å². The summed E-state index contributed by atoms with van der Waals surface area (Å²) in [5.41, 5.74) is 2.98. The molecule has 0 radical (unpaired) electrons. The largest absolute Gasteiger partial charge is 0.178 e. The molecule has 1 aromatic carbocycles. The summed E-state index contributed by atoms with van der Waals surface area (Å²) in [5, 5.41) is 1.57. The van der Waals surface area contributed by atoms with E-state index in [1.165, 1.54) is 29.1 Å². The molecular formula is C15H20S5. The van der Waals surface area contributed by atoms with E-state index in [2.05, 4.69) is 90.9 Å². The maximum atomic E-state index is 4.42. The molecule has 4 unspecified atom stereocenters. The highest BCUT2D eigenvalue weighted by molar-refractivity contribution is 8.20. The van der Waals surface area contributed by atoms with Crippen molar-refractivity contribution in [2.75, 3.05) is 17.3 Å². The second-order valence-corrected chi connectivity index (χ2v) is 11.2. The van der Waals surface area contributed by atoms with Crippen LogP contribution in [0.4, 0.5) is 0 Å². The van der Waals surface area contributed by atoms with Crippen LogP contribution in [0.1, 0.15) is 33.6 Å². The van der Waals surface area contributed by atoms with Crippen LogP contribution in [0.25, 0.3) is 0 Å². The molecule has 2 saturated heterocycles. The Bertz CT molecular complexity index is 391. The van der Waals surface area contributed by atoms with Gasteiger partial charge in [-0.2, -0.15) is 12.6 Å². The summed E-state index contributed by atoms with van der Waals surface area (Å²) in [4.78, 5) is 0. The van der Waals surface area contributed by atoms with Gasteiger partial charge in [0.05, 0.1) is 9.16 Å². The lowest BCUT2D eigenvalue weighted by Gasteiger charge is -2.13. The summed E-state index contributed by atoms with van der Waals surface area (Å²) in [6.45, 7) is 2.30. The smallest absolute Gasteiger partial charge is 0.0755 e. The van der Waals surface area contributed by atoms with Gasteiger partial charge in [0.1, 0.15) is 0 Å². The number of benzene rings is 1. The van der Waals surface area contributed by atoms with Crippen LogP contribution in [-0.2, 0) is 0 Å². The van der Waals surface area contributed by atoms with Gasteiger partial charge < -0.3 is 0 Å². The Morgan fingerprint density at radius 2 is 1.45 bits per heavy atom. The first kappa shape index (κ1) is 15.9. The molecule has 1 aromatic rings. The maximum Gasteiger partial charge on any atom is 0.0755 e. The molecule has 0 spiro atoms. The third-order valence-electron chi connectivity index (χ3n) is 3.64. The predicted octanol–water partition coefficient (Wildman–Crippen LogP) is 5.72. The van der Waals surface area contributed by atoms with Crippen molar-refractivity contribution in [3.8, 4) is 0 Å². The van der Waals surface area contributed by atoms with Crippen molar-refractivity contribution < 1.29 is 0 Å². The fraction of sp³-hybridized carbons (Fsp3) is 0.600. The molecule has 0 aromatic heterocycles. The van der Waals surface area contributed by atoms with Gasteiger partial charge in [0.2, 0.25) is 0 Å². The molecule has 0 amide bonds. The first-order valence-electron chi connectivity index (χ1n) is 7.05. The minimum atomic E-state index is 0.619. The van der Waals surface area contributed by atoms with E-state index in [1.54, 1.807) is 0 Å². The summed E-state index contributed by atoms with van der Waals surface area (Å²) in [5.74, 6) is 3.55. The molecule has 0 bridgehead atoms. The average molecular weight is 361 g/mol. The quantitative estimate of drug-likeness (QED) is 0.681. The van der Waals surface area contributed by atoms with Crippen LogP contribution in [0, 0.1) is 0 Å². The second kappa shape index (κ2) is 7.49. The lowest BCUT2D eigenvalue weighted by molar-refractivity contribution is 0.925. The van der Waals surface area contributed by atoms with E-state index >= 15 is 0 Å². The molecule has 0 nitrogen and oxygen atoms in total. The first-order chi connectivity index (χ1) is 9.80. The zero-order chi connectivity index (χ0) is 13.9. The van der Waals surface area contributed by atoms with Crippen molar-refractivity contribution in [1.82, 2.24) is 0 Å². The minimum absolute atomic E-state index is 0.619. The van der Waals surface area contributed by atoms with Crippen LogP contribution in [0.2, 0.25) is 0 Å². The molecule has 2 aliphatic rings. The monoisotopic (exact) mass is 360 g/mol. The summed E-state index contributed by atoms with van der Waals surface area (Å²) in [6.07, 6.45) is 1.30. The highest BCUT2D eigenvalue weighted by Gasteiger charge is 2.28. The van der Waals surface area contributed by atoms with Crippen molar-refractivity contribution in [3.63, 3.8) is 0 Å². The summed E-state index contributed by atoms with van der Waals surface area (Å²) in [7, 11) is 0. The molecule has 5 heteroatoms. The predicted molar refractivity (Wildman–Crippen MR) is 104 cm³/mol. The van der Waals surface area contributed by atoms with E-state index in [0.717, 1.165) is 16.3 Å². The van der Waals surface area contributed by atoms with E-state index in [9.17, 15) is 0 Å². The van der Waals surface area contributed by atoms with Crippen LogP contribution >= 0.6 is 59.7 Å². The highest BCUT2D eigenvalue weighted by Crippen LogP contribution is 2.52. The standard InChI is InChI=1S/C15H20S5/c1-2-12-8-17-14(19-12)10-3-5-11(6-4-10)15-18-9-13(7-16)20-15/h3-6,12-16H,2,7-9H2,1H3. The van der Waals surface area contributed by atoms with Crippen molar-refractivity contribution >= 4 is 59.7 Å². The summed E-state index contributed by atoms with van der Waals surface area (Å²) < 4.78 is 1.27. The van der Waals surface area contributed by atoms with Crippen molar-refractivity contribution in [3.05, 3.63) is 35.4 Å². The maximum absolute atomic E-state index is 4.42. The van der Waals surface area contributed by atoms with Crippen LogP contribution in [-0.4, -0.2) is 27.8 Å². The molecule has 0 N–H and O–H groups in total. The van der Waals surface area contributed by atoms with Gasteiger partial charge in [0.15, 0.2) is 0 Å². The third-order valence-corrected chi connectivity index (χ3v) is 11.2. The van der Waals surface area contributed by atoms with Gasteiger partial charge in [-0.1, -0.05) is 31.2 Å². The van der Waals surface area contributed by atoms with E-state index in [-0.39, 0.29) is 0 Å². The molecule has 3 rings (SSSR count). The Kier molecular flexibility index (Phi) is 5.94. The normalized spacial score (nSPS) is 33.7. The molecule has 0 aliphatic carbocycles. The first-order valence-corrected chi connectivity index (χ1v) is 11.7. The molecule has 20 heavy (non-hydrogen) atoms. The van der Waals surface area contributed by atoms with E-state index in [4.69, 9.17) is 0 Å². The molecule has 110 valence electrons. The van der Waals surface area contributed by atoms with Crippen LogP contribution in [0.15, 0.2) is 24.3 Å². The van der Waals surface area contributed by atoms with Gasteiger partial charge >= 0.3 is 0 Å². The lowest BCUT2D eigenvalue weighted by atomic mass is 10.2. The second-order valence-electron chi connectivity index (χ2n) is 5.10. The Morgan fingerprint density at radius 1 is 0.950 bits per heavy atom. The summed E-state index contributed by atoms with van der Waals surface area (Å²) in [6, 6.07) is 9.41. The zero-order valence-electron chi connectivity index (χ0n) is 11.5. The SMILES string of the molecule is CCC1CSC(c2ccc(C3SCC(CS)S3)cc2)S1. The topological polar surface area (TPSA) is 0 Å². The number of rotatable bonds is 4. The van der Waals surface area contributed by atoms with Crippen molar-refractivity contribution in [2.24, 2.45) is 0 Å². The Balaban J connectivity index is 1.63. The van der Waals surface area contributed by atoms with Gasteiger partial charge in [0.25, 0.3) is 0 Å². The van der Waals surface area contributed by atoms with E-state index in [1.807, 2.05) is 0 Å². The fourth-order valence-corrected chi connectivity index (χ4v) is 9.51. The third kappa shape index (κ3) is 3.65. The minimum Gasteiger partial charge on any atom is -0.178 e.